The van der Waals surface area contributed by atoms with Gasteiger partial charge < -0.3 is 9.47 Å². The zero-order valence-electron chi connectivity index (χ0n) is 9.38. The average Bonchev–Trinajstić information content (AvgIpc) is 2.21. The monoisotopic (exact) mass is 266 g/mol. The Balaban J connectivity index is 2.76. The van der Waals surface area contributed by atoms with Gasteiger partial charge in [0.2, 0.25) is 0 Å². The Morgan fingerprint density at radius 1 is 1.33 bits per heavy atom. The largest absolute Gasteiger partial charge is 0.573 e. The molecule has 0 fully saturated rings. The molecule has 0 saturated carbocycles. The molecule has 7 heteroatoms. The van der Waals surface area contributed by atoms with E-state index >= 15 is 0 Å². The van der Waals surface area contributed by atoms with Crippen LogP contribution in [0.5, 0.6) is 5.75 Å². The maximum Gasteiger partial charge on any atom is 0.573 e. The van der Waals surface area contributed by atoms with E-state index in [0.717, 1.165) is 12.1 Å². The molecule has 0 heterocycles. The van der Waals surface area contributed by atoms with Crippen molar-refractivity contribution < 1.29 is 31.8 Å². The summed E-state index contributed by atoms with van der Waals surface area (Å²) in [6.45, 7) is 1.79. The molecule has 1 aromatic carbocycles. The summed E-state index contributed by atoms with van der Waals surface area (Å²) in [5.41, 5.74) is 0.209. The van der Waals surface area contributed by atoms with Gasteiger partial charge in [0.1, 0.15) is 0 Å². The van der Waals surface area contributed by atoms with E-state index in [0.29, 0.717) is 0 Å². The predicted octanol–water partition coefficient (Wildman–Crippen LogP) is 2.83. The topological polar surface area (TPSA) is 35.5 Å². The molecule has 0 aromatic heterocycles. The molecule has 0 spiro atoms. The van der Waals surface area contributed by atoms with Crippen molar-refractivity contribution in [1.29, 1.82) is 0 Å². The van der Waals surface area contributed by atoms with Gasteiger partial charge in [-0.3, -0.25) is 4.79 Å². The fourth-order valence-electron chi connectivity index (χ4n) is 1.24. The van der Waals surface area contributed by atoms with Gasteiger partial charge in [0, 0.05) is 0 Å². The fourth-order valence-corrected chi connectivity index (χ4v) is 1.24. The first-order valence-electron chi connectivity index (χ1n) is 5.01. The number of rotatable bonds is 4. The highest BCUT2D eigenvalue weighted by Gasteiger charge is 2.32. The van der Waals surface area contributed by atoms with Gasteiger partial charge in [-0.05, 0) is 24.6 Å². The standard InChI is InChI=1S/C11H10F4O3/c1-2-17-10(16)6-7-3-4-9(8(12)5-7)18-11(13,14)15/h3-5H,2,6H2,1H3. The van der Waals surface area contributed by atoms with Crippen LogP contribution in [0, 0.1) is 5.82 Å². The second-order valence-corrected chi connectivity index (χ2v) is 3.29. The zero-order chi connectivity index (χ0) is 13.8. The van der Waals surface area contributed by atoms with Crippen molar-refractivity contribution in [1.82, 2.24) is 0 Å². The summed E-state index contributed by atoms with van der Waals surface area (Å²) in [6, 6.07) is 2.79. The van der Waals surface area contributed by atoms with Crippen molar-refractivity contribution in [3.63, 3.8) is 0 Å². The average molecular weight is 266 g/mol. The molecule has 3 nitrogen and oxygen atoms in total. The molecule has 1 rings (SSSR count). The Labute approximate surface area is 100 Å². The molecule has 0 radical (unpaired) electrons. The molecule has 0 N–H and O–H groups in total. The van der Waals surface area contributed by atoms with Gasteiger partial charge in [0.05, 0.1) is 13.0 Å². The highest BCUT2D eigenvalue weighted by molar-refractivity contribution is 5.72. The molecule has 0 aliphatic heterocycles. The Kier molecular flexibility index (Phi) is 4.52. The minimum atomic E-state index is -4.95. The van der Waals surface area contributed by atoms with Crippen molar-refractivity contribution in [2.75, 3.05) is 6.61 Å². The van der Waals surface area contributed by atoms with E-state index in [-0.39, 0.29) is 18.6 Å². The molecule has 1 aromatic rings. The van der Waals surface area contributed by atoms with Crippen LogP contribution in [0.3, 0.4) is 0 Å². The van der Waals surface area contributed by atoms with Gasteiger partial charge in [-0.1, -0.05) is 6.07 Å². The zero-order valence-corrected chi connectivity index (χ0v) is 9.38. The molecule has 0 atom stereocenters. The molecule has 0 unspecified atom stereocenters. The van der Waals surface area contributed by atoms with E-state index in [9.17, 15) is 22.4 Å². The molecular formula is C11H10F4O3. The Bertz CT molecular complexity index is 429. The minimum absolute atomic E-state index is 0.177. The van der Waals surface area contributed by atoms with Gasteiger partial charge in [-0.25, -0.2) is 4.39 Å². The fraction of sp³-hybridized carbons (Fsp3) is 0.364. The van der Waals surface area contributed by atoms with Crippen LogP contribution >= 0.6 is 0 Å². The van der Waals surface area contributed by atoms with Crippen molar-refractivity contribution in [2.45, 2.75) is 19.7 Å². The molecule has 0 aliphatic carbocycles. The highest BCUT2D eigenvalue weighted by Crippen LogP contribution is 2.26. The van der Waals surface area contributed by atoms with E-state index in [2.05, 4.69) is 9.47 Å². The first-order valence-corrected chi connectivity index (χ1v) is 5.01. The highest BCUT2D eigenvalue weighted by atomic mass is 19.4. The quantitative estimate of drug-likeness (QED) is 0.621. The van der Waals surface area contributed by atoms with E-state index in [1.54, 1.807) is 6.92 Å². The lowest BCUT2D eigenvalue weighted by molar-refractivity contribution is -0.275. The van der Waals surface area contributed by atoms with E-state index < -0.39 is 23.9 Å². The van der Waals surface area contributed by atoms with Gasteiger partial charge >= 0.3 is 12.3 Å². The molecule has 0 bridgehead atoms. The number of alkyl halides is 3. The molecule has 0 aliphatic rings. The van der Waals surface area contributed by atoms with Gasteiger partial charge in [-0.15, -0.1) is 13.2 Å². The number of hydrogen-bond acceptors (Lipinski definition) is 3. The summed E-state index contributed by atoms with van der Waals surface area (Å²) in [6.07, 6.45) is -5.17. The Morgan fingerprint density at radius 3 is 2.50 bits per heavy atom. The Hall–Kier alpha value is -1.79. The first-order chi connectivity index (χ1) is 8.31. The van der Waals surface area contributed by atoms with Crippen LogP contribution < -0.4 is 4.74 Å². The van der Waals surface area contributed by atoms with Gasteiger partial charge in [0.25, 0.3) is 0 Å². The Morgan fingerprint density at radius 2 is 2.00 bits per heavy atom. The number of hydrogen-bond donors (Lipinski definition) is 0. The van der Waals surface area contributed by atoms with E-state index in [1.165, 1.54) is 6.07 Å². The maximum absolute atomic E-state index is 13.2. The summed E-state index contributed by atoms with van der Waals surface area (Å²) in [7, 11) is 0. The third-order valence-corrected chi connectivity index (χ3v) is 1.88. The molecule has 0 saturated heterocycles. The van der Waals surface area contributed by atoms with Crippen LogP contribution in [0.4, 0.5) is 17.6 Å². The minimum Gasteiger partial charge on any atom is -0.466 e. The molecular weight excluding hydrogens is 256 g/mol. The van der Waals surface area contributed by atoms with E-state index in [1.807, 2.05) is 0 Å². The van der Waals surface area contributed by atoms with Crippen molar-refractivity contribution in [3.8, 4) is 5.75 Å². The van der Waals surface area contributed by atoms with Crippen LogP contribution in [0.25, 0.3) is 0 Å². The lowest BCUT2D eigenvalue weighted by Crippen LogP contribution is -2.18. The van der Waals surface area contributed by atoms with Crippen molar-refractivity contribution in [2.24, 2.45) is 0 Å². The summed E-state index contributed by atoms with van der Waals surface area (Å²) < 4.78 is 56.9. The van der Waals surface area contributed by atoms with Crippen molar-refractivity contribution in [3.05, 3.63) is 29.6 Å². The predicted molar refractivity (Wildman–Crippen MR) is 53.4 cm³/mol. The smallest absolute Gasteiger partial charge is 0.466 e. The summed E-state index contributed by atoms with van der Waals surface area (Å²) in [5.74, 6) is -2.70. The molecule has 0 amide bonds. The first kappa shape index (κ1) is 14.3. The number of esters is 1. The number of benzene rings is 1. The lowest BCUT2D eigenvalue weighted by atomic mass is 10.1. The van der Waals surface area contributed by atoms with Crippen LogP contribution in [0.15, 0.2) is 18.2 Å². The van der Waals surface area contributed by atoms with Gasteiger partial charge in [-0.2, -0.15) is 0 Å². The number of carbonyl (C=O) groups is 1. The normalized spacial score (nSPS) is 11.2. The van der Waals surface area contributed by atoms with Gasteiger partial charge in [0.15, 0.2) is 11.6 Å². The number of ether oxygens (including phenoxy) is 2. The third kappa shape index (κ3) is 4.60. The lowest BCUT2D eigenvalue weighted by Gasteiger charge is -2.10. The summed E-state index contributed by atoms with van der Waals surface area (Å²) in [4.78, 5) is 11.1. The second-order valence-electron chi connectivity index (χ2n) is 3.29. The second kappa shape index (κ2) is 5.70. The molecule has 100 valence electrons. The van der Waals surface area contributed by atoms with E-state index in [4.69, 9.17) is 0 Å². The molecule has 18 heavy (non-hydrogen) atoms. The maximum atomic E-state index is 13.2. The summed E-state index contributed by atoms with van der Waals surface area (Å²) >= 11 is 0. The number of halogens is 4. The number of carbonyl (C=O) groups excluding carboxylic acids is 1. The summed E-state index contributed by atoms with van der Waals surface area (Å²) in [5, 5.41) is 0. The van der Waals surface area contributed by atoms with Crippen LogP contribution in [-0.2, 0) is 16.0 Å². The third-order valence-electron chi connectivity index (χ3n) is 1.88. The van der Waals surface area contributed by atoms with Crippen LogP contribution in [-0.4, -0.2) is 18.9 Å². The van der Waals surface area contributed by atoms with Crippen molar-refractivity contribution >= 4 is 5.97 Å². The van der Waals surface area contributed by atoms with Crippen LogP contribution in [0.2, 0.25) is 0 Å². The van der Waals surface area contributed by atoms with Crippen LogP contribution in [0.1, 0.15) is 12.5 Å². The SMILES string of the molecule is CCOC(=O)Cc1ccc(OC(F)(F)F)c(F)c1.